The molecule has 0 aliphatic heterocycles. The van der Waals surface area contributed by atoms with E-state index < -0.39 is 0 Å². The van der Waals surface area contributed by atoms with Crippen LogP contribution in [-0.2, 0) is 6.42 Å². The Morgan fingerprint density at radius 2 is 0.898 bits per heavy atom. The smallest absolute Gasteiger partial charge is 0.159 e. The predicted octanol–water partition coefficient (Wildman–Crippen LogP) is 15.3. The number of halogens is 1. The second kappa shape index (κ2) is 35.9. The summed E-state index contributed by atoms with van der Waals surface area (Å²) in [5.74, 6) is 3.21. The molecule has 0 radical (unpaired) electrons. The number of nitrogens with zero attached hydrogens (tertiary/aromatic N) is 4. The number of benzene rings is 2. The van der Waals surface area contributed by atoms with Crippen LogP contribution >= 0.6 is 15.9 Å². The molecular formula is C51H75BrN4O3. The molecule has 0 saturated carbocycles. The second-order valence-electron chi connectivity index (χ2n) is 15.0. The summed E-state index contributed by atoms with van der Waals surface area (Å²) in [4.78, 5) is 17.0. The molecule has 0 amide bonds. The molecule has 2 aromatic heterocycles. The van der Waals surface area contributed by atoms with Gasteiger partial charge in [-0.15, -0.1) is 13.2 Å². The summed E-state index contributed by atoms with van der Waals surface area (Å²) in [6.45, 7) is 13.5. The molecule has 2 aromatic carbocycles. The number of alkyl halides is 1. The number of rotatable bonds is 30. The summed E-state index contributed by atoms with van der Waals surface area (Å²) in [6.07, 6.45) is 38.7. The van der Waals surface area contributed by atoms with E-state index >= 15 is 0 Å². The second-order valence-corrected chi connectivity index (χ2v) is 15.8. The largest absolute Gasteiger partial charge is 0.505 e. The van der Waals surface area contributed by atoms with Crippen LogP contribution in [0, 0.1) is 0 Å². The van der Waals surface area contributed by atoms with Gasteiger partial charge in [0.1, 0.15) is 11.5 Å². The molecule has 0 aliphatic carbocycles. The number of hydrogen-bond donors (Lipinski definition) is 1. The topological polar surface area (TPSA) is 90.3 Å². The van der Waals surface area contributed by atoms with Crippen LogP contribution in [0.3, 0.4) is 0 Å². The summed E-state index contributed by atoms with van der Waals surface area (Å²) >= 11 is 3.40. The molecule has 324 valence electrons. The van der Waals surface area contributed by atoms with Crippen molar-refractivity contribution in [2.24, 2.45) is 0 Å². The van der Waals surface area contributed by atoms with Crippen LogP contribution in [-0.4, -0.2) is 43.6 Å². The first-order valence-electron chi connectivity index (χ1n) is 22.6. The van der Waals surface area contributed by atoms with E-state index in [2.05, 4.69) is 62.9 Å². The molecule has 0 aliphatic rings. The SMILES string of the molecule is C=CCCCCCCBr.C=CCc1cnc(-c2ccc(OCCCCCCCCCC)cc2)nc1.CCCCCCCCCCOc1ccc(-c2ncc(O)cn2)cc1. The number of allylic oxidation sites excluding steroid dienone is 2. The van der Waals surface area contributed by atoms with Gasteiger partial charge in [0, 0.05) is 28.9 Å². The number of ether oxygens (including phenoxy) is 2. The maximum absolute atomic E-state index is 9.22. The van der Waals surface area contributed by atoms with Crippen molar-refractivity contribution in [2.45, 2.75) is 155 Å². The monoisotopic (exact) mass is 871 g/mol. The van der Waals surface area contributed by atoms with Crippen molar-refractivity contribution >= 4 is 15.9 Å². The highest BCUT2D eigenvalue weighted by atomic mass is 79.9. The minimum Gasteiger partial charge on any atom is -0.505 e. The molecule has 0 saturated heterocycles. The number of unbranched alkanes of at least 4 members (excludes halogenated alkanes) is 18. The van der Waals surface area contributed by atoms with Crippen molar-refractivity contribution in [3.63, 3.8) is 0 Å². The van der Waals surface area contributed by atoms with Gasteiger partial charge < -0.3 is 14.6 Å². The minimum atomic E-state index is 0.0732. The molecule has 59 heavy (non-hydrogen) atoms. The maximum Gasteiger partial charge on any atom is 0.159 e. The van der Waals surface area contributed by atoms with Gasteiger partial charge in [0.2, 0.25) is 0 Å². The van der Waals surface area contributed by atoms with Crippen molar-refractivity contribution in [2.75, 3.05) is 18.5 Å². The summed E-state index contributed by atoms with van der Waals surface area (Å²) in [7, 11) is 0. The molecule has 1 N–H and O–H groups in total. The van der Waals surface area contributed by atoms with Gasteiger partial charge in [-0.3, -0.25) is 0 Å². The Morgan fingerprint density at radius 1 is 0.508 bits per heavy atom. The maximum atomic E-state index is 9.22. The lowest BCUT2D eigenvalue weighted by molar-refractivity contribution is 0.304. The van der Waals surface area contributed by atoms with Crippen LogP contribution < -0.4 is 9.47 Å². The quantitative estimate of drug-likeness (QED) is 0.0317. The van der Waals surface area contributed by atoms with Crippen LogP contribution in [0.2, 0.25) is 0 Å². The van der Waals surface area contributed by atoms with Gasteiger partial charge in [0.25, 0.3) is 0 Å². The zero-order valence-corrected chi connectivity index (χ0v) is 38.2. The number of hydrogen-bond acceptors (Lipinski definition) is 7. The van der Waals surface area contributed by atoms with Crippen molar-refractivity contribution in [1.82, 2.24) is 19.9 Å². The van der Waals surface area contributed by atoms with Crippen molar-refractivity contribution in [1.29, 1.82) is 0 Å². The fourth-order valence-corrected chi connectivity index (χ4v) is 6.63. The Labute approximate surface area is 366 Å². The molecular weight excluding hydrogens is 796 g/mol. The molecule has 0 bridgehead atoms. The first-order valence-corrected chi connectivity index (χ1v) is 23.7. The first-order chi connectivity index (χ1) is 29.0. The van der Waals surface area contributed by atoms with Gasteiger partial charge in [-0.25, -0.2) is 19.9 Å². The summed E-state index contributed by atoms with van der Waals surface area (Å²) < 4.78 is 11.6. The van der Waals surface area contributed by atoms with E-state index in [-0.39, 0.29) is 5.75 Å². The van der Waals surface area contributed by atoms with Gasteiger partial charge in [0.05, 0.1) is 25.6 Å². The van der Waals surface area contributed by atoms with Crippen LogP contribution in [0.15, 0.2) is 98.6 Å². The molecule has 0 unspecified atom stereocenters. The normalized spacial score (nSPS) is 10.5. The third-order valence-corrected chi connectivity index (χ3v) is 10.3. The number of aromatic nitrogens is 4. The van der Waals surface area contributed by atoms with Gasteiger partial charge in [0.15, 0.2) is 17.4 Å². The van der Waals surface area contributed by atoms with E-state index in [0.717, 1.165) is 71.8 Å². The highest BCUT2D eigenvalue weighted by Gasteiger charge is 2.04. The molecule has 0 atom stereocenters. The Hall–Kier alpha value is -4.04. The molecule has 0 spiro atoms. The van der Waals surface area contributed by atoms with Crippen LogP contribution in [0.4, 0.5) is 0 Å². The Bertz CT molecular complexity index is 1570. The summed E-state index contributed by atoms with van der Waals surface area (Å²) in [5, 5.41) is 10.4. The first kappa shape index (κ1) is 51.1. The van der Waals surface area contributed by atoms with Gasteiger partial charge in [-0.1, -0.05) is 145 Å². The lowest BCUT2D eigenvalue weighted by Crippen LogP contribution is -1.97. The van der Waals surface area contributed by atoms with Crippen LogP contribution in [0.25, 0.3) is 22.8 Å². The molecule has 4 aromatic rings. The highest BCUT2D eigenvalue weighted by Crippen LogP contribution is 2.22. The van der Waals surface area contributed by atoms with Crippen LogP contribution in [0.1, 0.15) is 154 Å². The van der Waals surface area contributed by atoms with E-state index in [9.17, 15) is 5.11 Å². The molecule has 7 nitrogen and oxygen atoms in total. The third-order valence-electron chi connectivity index (χ3n) is 9.77. The average Bonchev–Trinajstić information content (AvgIpc) is 3.27. The minimum absolute atomic E-state index is 0.0732. The van der Waals surface area contributed by atoms with Crippen molar-refractivity contribution in [3.8, 4) is 40.0 Å². The zero-order chi connectivity index (χ0) is 42.4. The van der Waals surface area contributed by atoms with Gasteiger partial charge in [-0.05, 0) is 92.6 Å². The molecule has 8 heteroatoms. The van der Waals surface area contributed by atoms with Crippen LogP contribution in [0.5, 0.6) is 17.2 Å². The van der Waals surface area contributed by atoms with E-state index in [1.165, 1.54) is 134 Å². The third kappa shape index (κ3) is 25.9. The van der Waals surface area contributed by atoms with E-state index in [1.54, 1.807) is 0 Å². The number of aromatic hydroxyl groups is 1. The molecule has 0 fully saturated rings. The van der Waals surface area contributed by atoms with Crippen molar-refractivity contribution in [3.05, 3.63) is 104 Å². The fourth-order valence-electron chi connectivity index (χ4n) is 6.24. The van der Waals surface area contributed by atoms with Crippen molar-refractivity contribution < 1.29 is 14.6 Å². The lowest BCUT2D eigenvalue weighted by Gasteiger charge is -2.07. The van der Waals surface area contributed by atoms with Gasteiger partial charge >= 0.3 is 0 Å². The molecule has 4 rings (SSSR count). The highest BCUT2D eigenvalue weighted by molar-refractivity contribution is 9.09. The fraction of sp³-hybridized carbons (Fsp3) is 0.529. The summed E-state index contributed by atoms with van der Waals surface area (Å²) in [6, 6.07) is 15.8. The standard InChI is InChI=1S/C23H32N2O.C20H28N2O2.C8H15Br/c1-3-5-6-7-8-9-10-11-17-26-22-15-13-21(14-16-22)23-24-18-20(12-4-2)19-25-23;1-2-3-4-5-6-7-8-9-14-24-19-12-10-17(11-13-19)20-21-15-18(23)16-22-20;1-2-3-4-5-6-7-8-9/h4,13-16,18-19H,2-3,5-12,17H2,1H3;10-13,15-16,23H,2-9,14H2,1H3;2H,1,3-8H2. The zero-order valence-electron chi connectivity index (χ0n) is 36.6. The Balaban J connectivity index is 0.000000338. The van der Waals surface area contributed by atoms with E-state index in [1.807, 2.05) is 73.1 Å². The van der Waals surface area contributed by atoms with E-state index in [0.29, 0.717) is 5.82 Å². The molecule has 2 heterocycles. The summed E-state index contributed by atoms with van der Waals surface area (Å²) in [5.41, 5.74) is 3.00. The van der Waals surface area contributed by atoms with Gasteiger partial charge in [-0.2, -0.15) is 0 Å². The predicted molar refractivity (Wildman–Crippen MR) is 254 cm³/mol. The Kier molecular flexibility index (Phi) is 31.1. The Morgan fingerprint density at radius 3 is 1.31 bits per heavy atom. The lowest BCUT2D eigenvalue weighted by atomic mass is 10.1. The van der Waals surface area contributed by atoms with E-state index in [4.69, 9.17) is 9.47 Å². The average molecular weight is 872 g/mol.